The van der Waals surface area contributed by atoms with Gasteiger partial charge in [-0.15, -0.1) is 11.3 Å². The number of aryl methyl sites for hydroxylation is 1. The molecule has 2 aromatic heterocycles. The van der Waals surface area contributed by atoms with Gasteiger partial charge < -0.3 is 4.90 Å². The van der Waals surface area contributed by atoms with Crippen LogP contribution in [-0.4, -0.2) is 33.7 Å². The van der Waals surface area contributed by atoms with Crippen molar-refractivity contribution >= 4 is 27.5 Å². The molecule has 1 aliphatic rings. The van der Waals surface area contributed by atoms with E-state index in [-0.39, 0.29) is 5.91 Å². The Morgan fingerprint density at radius 1 is 1.24 bits per heavy atom. The van der Waals surface area contributed by atoms with Gasteiger partial charge in [0.05, 0.1) is 17.1 Å². The van der Waals surface area contributed by atoms with Crippen molar-refractivity contribution in [2.24, 2.45) is 5.92 Å². The molecule has 1 aliphatic heterocycles. The molecule has 25 heavy (non-hydrogen) atoms. The first-order valence-electron chi connectivity index (χ1n) is 8.92. The minimum Gasteiger partial charge on any atom is -0.338 e. The quantitative estimate of drug-likeness (QED) is 0.703. The summed E-state index contributed by atoms with van der Waals surface area (Å²) in [7, 11) is 0. The maximum absolute atomic E-state index is 12.9. The van der Waals surface area contributed by atoms with Gasteiger partial charge in [-0.25, -0.2) is 0 Å². The van der Waals surface area contributed by atoms with Gasteiger partial charge in [0, 0.05) is 18.5 Å². The molecule has 130 valence electrons. The summed E-state index contributed by atoms with van der Waals surface area (Å²) in [6.45, 7) is 6.78. The maximum atomic E-state index is 12.9. The second-order valence-corrected chi connectivity index (χ2v) is 8.06. The van der Waals surface area contributed by atoms with Gasteiger partial charge in [0.15, 0.2) is 0 Å². The van der Waals surface area contributed by atoms with Crippen LogP contribution >= 0.6 is 11.3 Å². The highest BCUT2D eigenvalue weighted by Gasteiger charge is 2.24. The minimum absolute atomic E-state index is 0.179. The standard InChI is InChI=1S/C20H23N3OS/c1-14-8-10-22(11-9-14)19(24)18-12-17-15(2)21-23(20(17)25-18)13-16-6-4-3-5-7-16/h3-7,12,14H,8-11,13H2,1-2H3. The first-order chi connectivity index (χ1) is 12.1. The molecule has 0 spiro atoms. The number of amides is 1. The number of hydrogen-bond acceptors (Lipinski definition) is 3. The first-order valence-corrected chi connectivity index (χ1v) is 9.73. The Balaban J connectivity index is 1.62. The fourth-order valence-corrected chi connectivity index (χ4v) is 4.58. The van der Waals surface area contributed by atoms with Gasteiger partial charge in [0.1, 0.15) is 4.83 Å². The van der Waals surface area contributed by atoms with Crippen molar-refractivity contribution in [1.82, 2.24) is 14.7 Å². The third-order valence-electron chi connectivity index (χ3n) is 5.06. The van der Waals surface area contributed by atoms with Crippen LogP contribution in [0.2, 0.25) is 0 Å². The van der Waals surface area contributed by atoms with Crippen molar-refractivity contribution in [3.63, 3.8) is 0 Å². The van der Waals surface area contributed by atoms with Crippen LogP contribution in [0.5, 0.6) is 0 Å². The molecule has 1 amide bonds. The lowest BCUT2D eigenvalue weighted by Gasteiger charge is -2.29. The number of carbonyl (C=O) groups excluding carboxylic acids is 1. The second-order valence-electron chi connectivity index (χ2n) is 7.03. The van der Waals surface area contributed by atoms with Crippen LogP contribution in [0.3, 0.4) is 0 Å². The van der Waals surface area contributed by atoms with Crippen LogP contribution in [0.1, 0.15) is 40.7 Å². The van der Waals surface area contributed by atoms with E-state index in [4.69, 9.17) is 0 Å². The molecular formula is C20H23N3OS. The summed E-state index contributed by atoms with van der Waals surface area (Å²) < 4.78 is 2.03. The highest BCUT2D eigenvalue weighted by atomic mass is 32.1. The number of piperidine rings is 1. The molecule has 0 bridgehead atoms. The summed E-state index contributed by atoms with van der Waals surface area (Å²) in [5.41, 5.74) is 2.21. The molecule has 0 unspecified atom stereocenters. The van der Waals surface area contributed by atoms with Crippen LogP contribution in [0.4, 0.5) is 0 Å². The maximum Gasteiger partial charge on any atom is 0.264 e. The fraction of sp³-hybridized carbons (Fsp3) is 0.400. The predicted octanol–water partition coefficient (Wildman–Crippen LogP) is 4.33. The Labute approximate surface area is 152 Å². The van der Waals surface area contributed by atoms with Gasteiger partial charge in [-0.2, -0.15) is 5.10 Å². The third-order valence-corrected chi connectivity index (χ3v) is 6.20. The highest BCUT2D eigenvalue weighted by molar-refractivity contribution is 7.20. The van der Waals surface area contributed by atoms with Crippen LogP contribution in [0.25, 0.3) is 10.2 Å². The second kappa shape index (κ2) is 6.64. The SMILES string of the molecule is Cc1nn(Cc2ccccc2)c2sc(C(=O)N3CCC(C)CC3)cc12. The molecule has 0 radical (unpaired) electrons. The molecule has 3 heterocycles. The van der Waals surface area contributed by atoms with E-state index in [2.05, 4.69) is 24.2 Å². The van der Waals surface area contributed by atoms with E-state index in [0.29, 0.717) is 0 Å². The summed E-state index contributed by atoms with van der Waals surface area (Å²) >= 11 is 1.58. The Bertz CT molecular complexity index is 888. The lowest BCUT2D eigenvalue weighted by molar-refractivity contribution is 0.0702. The lowest BCUT2D eigenvalue weighted by Crippen LogP contribution is -2.37. The number of nitrogens with zero attached hydrogens (tertiary/aromatic N) is 3. The smallest absolute Gasteiger partial charge is 0.264 e. The number of rotatable bonds is 3. The number of fused-ring (bicyclic) bond motifs is 1. The molecule has 0 aliphatic carbocycles. The highest BCUT2D eigenvalue weighted by Crippen LogP contribution is 2.30. The van der Waals surface area contributed by atoms with E-state index in [1.807, 2.05) is 40.8 Å². The van der Waals surface area contributed by atoms with Crippen LogP contribution < -0.4 is 0 Å². The number of hydrogen-bond donors (Lipinski definition) is 0. The van der Waals surface area contributed by atoms with Crippen LogP contribution in [-0.2, 0) is 6.54 Å². The van der Waals surface area contributed by atoms with Crippen molar-refractivity contribution < 1.29 is 4.79 Å². The molecule has 0 saturated carbocycles. The topological polar surface area (TPSA) is 38.1 Å². The molecule has 0 atom stereocenters. The average molecular weight is 353 g/mol. The van der Waals surface area contributed by atoms with Gasteiger partial charge >= 0.3 is 0 Å². The van der Waals surface area contributed by atoms with Crippen molar-refractivity contribution in [1.29, 1.82) is 0 Å². The fourth-order valence-electron chi connectivity index (χ4n) is 3.45. The van der Waals surface area contributed by atoms with E-state index in [1.54, 1.807) is 11.3 Å². The average Bonchev–Trinajstić information content (AvgIpc) is 3.18. The molecule has 4 nitrogen and oxygen atoms in total. The molecule has 1 fully saturated rings. The number of likely N-dealkylation sites (tertiary alicyclic amines) is 1. The molecule has 5 heteroatoms. The zero-order chi connectivity index (χ0) is 17.4. The molecule has 1 saturated heterocycles. The minimum atomic E-state index is 0.179. The van der Waals surface area contributed by atoms with E-state index in [1.165, 1.54) is 5.56 Å². The molecule has 1 aromatic carbocycles. The summed E-state index contributed by atoms with van der Waals surface area (Å²) in [6, 6.07) is 12.4. The molecule has 3 aromatic rings. The largest absolute Gasteiger partial charge is 0.338 e. The van der Waals surface area contributed by atoms with E-state index in [9.17, 15) is 4.79 Å². The number of benzene rings is 1. The van der Waals surface area contributed by atoms with Crippen LogP contribution in [0, 0.1) is 12.8 Å². The van der Waals surface area contributed by atoms with Gasteiger partial charge in [-0.3, -0.25) is 9.48 Å². The summed E-state index contributed by atoms with van der Waals surface area (Å²) in [6.07, 6.45) is 2.22. The molecular weight excluding hydrogens is 330 g/mol. The number of aromatic nitrogens is 2. The predicted molar refractivity (Wildman–Crippen MR) is 102 cm³/mol. The lowest BCUT2D eigenvalue weighted by atomic mass is 9.99. The van der Waals surface area contributed by atoms with Gasteiger partial charge in [0.2, 0.25) is 0 Å². The monoisotopic (exact) mass is 353 g/mol. The van der Waals surface area contributed by atoms with Crippen molar-refractivity contribution in [3.8, 4) is 0 Å². The molecule has 4 rings (SSSR count). The van der Waals surface area contributed by atoms with E-state index >= 15 is 0 Å². The third kappa shape index (κ3) is 3.21. The Kier molecular flexibility index (Phi) is 4.34. The summed E-state index contributed by atoms with van der Waals surface area (Å²) in [5.74, 6) is 0.909. The summed E-state index contributed by atoms with van der Waals surface area (Å²) in [5, 5.41) is 5.78. The van der Waals surface area contributed by atoms with Gasteiger partial charge in [-0.05, 0) is 37.3 Å². The number of thiophene rings is 1. The van der Waals surface area contributed by atoms with Crippen molar-refractivity contribution in [2.75, 3.05) is 13.1 Å². The van der Waals surface area contributed by atoms with Crippen molar-refractivity contribution in [2.45, 2.75) is 33.2 Å². The first kappa shape index (κ1) is 16.3. The Morgan fingerprint density at radius 3 is 2.68 bits per heavy atom. The van der Waals surface area contributed by atoms with Crippen LogP contribution in [0.15, 0.2) is 36.4 Å². The zero-order valence-corrected chi connectivity index (χ0v) is 15.6. The summed E-state index contributed by atoms with van der Waals surface area (Å²) in [4.78, 5) is 16.8. The number of carbonyl (C=O) groups is 1. The van der Waals surface area contributed by atoms with Gasteiger partial charge in [0.25, 0.3) is 5.91 Å². The van der Waals surface area contributed by atoms with E-state index < -0.39 is 0 Å². The molecule has 0 N–H and O–H groups in total. The van der Waals surface area contributed by atoms with Crippen molar-refractivity contribution in [3.05, 3.63) is 52.5 Å². The van der Waals surface area contributed by atoms with E-state index in [0.717, 1.165) is 59.2 Å². The van der Waals surface area contributed by atoms with Gasteiger partial charge in [-0.1, -0.05) is 37.3 Å². The normalized spacial score (nSPS) is 15.8. The zero-order valence-electron chi connectivity index (χ0n) is 14.7. The Hall–Kier alpha value is -2.14. The Morgan fingerprint density at radius 2 is 1.96 bits per heavy atom.